The highest BCUT2D eigenvalue weighted by molar-refractivity contribution is 5.99. The Morgan fingerprint density at radius 1 is 1.10 bits per heavy atom. The maximum absolute atomic E-state index is 11.8. The van der Waals surface area contributed by atoms with E-state index in [0.717, 1.165) is 0 Å². The van der Waals surface area contributed by atoms with Crippen LogP contribution in [0, 0.1) is 0 Å². The third-order valence-electron chi connectivity index (χ3n) is 3.04. The highest BCUT2D eigenvalue weighted by Crippen LogP contribution is 2.23. The van der Waals surface area contributed by atoms with Crippen molar-refractivity contribution in [2.24, 2.45) is 0 Å². The average Bonchev–Trinajstić information content (AvgIpc) is 2.53. The normalized spacial score (nSPS) is 14.4. The predicted octanol–water partition coefficient (Wildman–Crippen LogP) is 1.61. The first-order chi connectivity index (χ1) is 10.1. The van der Waals surface area contributed by atoms with Crippen LogP contribution in [0.3, 0.4) is 0 Å². The monoisotopic (exact) mass is 293 g/mol. The molecule has 0 aromatic heterocycles. The lowest BCUT2D eigenvalue weighted by atomic mass is 10.1. The van der Waals surface area contributed by atoms with Crippen LogP contribution in [0.1, 0.15) is 27.1 Å². The standard InChI is InChI=1S/C14H15NO6/c1-19-12(16)9-6-10(13(17)20-2)8-11(7-9)15-4-3-5-21-14(15)18/h6-8H,3-5H2,1-2H3. The minimum absolute atomic E-state index is 0.161. The van der Waals surface area contributed by atoms with Gasteiger partial charge in [-0.2, -0.15) is 0 Å². The number of benzene rings is 1. The van der Waals surface area contributed by atoms with E-state index in [0.29, 0.717) is 25.3 Å². The van der Waals surface area contributed by atoms with Gasteiger partial charge in [0.1, 0.15) is 0 Å². The molecule has 0 atom stereocenters. The highest BCUT2D eigenvalue weighted by Gasteiger charge is 2.24. The number of ether oxygens (including phenoxy) is 3. The second-order valence-electron chi connectivity index (χ2n) is 4.37. The molecule has 7 heteroatoms. The van der Waals surface area contributed by atoms with Gasteiger partial charge in [0.05, 0.1) is 32.0 Å². The molecule has 1 aromatic carbocycles. The molecule has 0 bridgehead atoms. The van der Waals surface area contributed by atoms with Crippen molar-refractivity contribution < 1.29 is 28.6 Å². The molecule has 1 aliphatic heterocycles. The van der Waals surface area contributed by atoms with E-state index in [9.17, 15) is 14.4 Å². The van der Waals surface area contributed by atoms with Crippen molar-refractivity contribution in [3.63, 3.8) is 0 Å². The summed E-state index contributed by atoms with van der Waals surface area (Å²) in [5, 5.41) is 0. The first-order valence-electron chi connectivity index (χ1n) is 6.33. The number of hydrogen-bond acceptors (Lipinski definition) is 6. The first kappa shape index (κ1) is 14.8. The zero-order valence-electron chi connectivity index (χ0n) is 11.8. The lowest BCUT2D eigenvalue weighted by Crippen LogP contribution is -2.37. The molecule has 0 N–H and O–H groups in total. The number of hydrogen-bond donors (Lipinski definition) is 0. The van der Waals surface area contributed by atoms with E-state index in [2.05, 4.69) is 9.47 Å². The summed E-state index contributed by atoms with van der Waals surface area (Å²) in [6.07, 6.45) is 0.154. The van der Waals surface area contributed by atoms with E-state index in [-0.39, 0.29) is 11.1 Å². The molecule has 0 spiro atoms. The van der Waals surface area contributed by atoms with Crippen molar-refractivity contribution in [3.05, 3.63) is 29.3 Å². The number of anilines is 1. The van der Waals surface area contributed by atoms with Gasteiger partial charge in [0.25, 0.3) is 0 Å². The maximum Gasteiger partial charge on any atom is 0.414 e. The molecule has 7 nitrogen and oxygen atoms in total. The Morgan fingerprint density at radius 3 is 2.14 bits per heavy atom. The van der Waals surface area contributed by atoms with Crippen LogP contribution >= 0.6 is 0 Å². The van der Waals surface area contributed by atoms with Crippen LogP contribution < -0.4 is 4.90 Å². The van der Waals surface area contributed by atoms with Crippen LogP contribution in [0.5, 0.6) is 0 Å². The molecule has 0 saturated carbocycles. The number of esters is 2. The summed E-state index contributed by atoms with van der Waals surface area (Å²) in [6.45, 7) is 0.806. The van der Waals surface area contributed by atoms with E-state index in [1.54, 1.807) is 0 Å². The predicted molar refractivity (Wildman–Crippen MR) is 72.4 cm³/mol. The Kier molecular flexibility index (Phi) is 4.42. The molecular weight excluding hydrogens is 278 g/mol. The van der Waals surface area contributed by atoms with Gasteiger partial charge in [-0.3, -0.25) is 4.90 Å². The highest BCUT2D eigenvalue weighted by atomic mass is 16.6. The molecule has 21 heavy (non-hydrogen) atoms. The van der Waals surface area contributed by atoms with Gasteiger partial charge in [0.2, 0.25) is 0 Å². The minimum atomic E-state index is -0.604. The summed E-state index contributed by atoms with van der Waals surface area (Å²) in [5.74, 6) is -1.21. The Balaban J connectivity index is 2.46. The number of amides is 1. The Bertz CT molecular complexity index is 549. The van der Waals surface area contributed by atoms with Crippen molar-refractivity contribution >= 4 is 23.7 Å². The number of carbonyl (C=O) groups excluding carboxylic acids is 3. The fourth-order valence-corrected chi connectivity index (χ4v) is 2.02. The van der Waals surface area contributed by atoms with Crippen molar-refractivity contribution in [1.82, 2.24) is 0 Å². The lowest BCUT2D eigenvalue weighted by Gasteiger charge is -2.26. The number of rotatable bonds is 3. The second kappa shape index (κ2) is 6.25. The summed E-state index contributed by atoms with van der Waals surface area (Å²) in [6, 6.07) is 4.31. The molecule has 1 fully saturated rings. The van der Waals surface area contributed by atoms with Crippen molar-refractivity contribution in [3.8, 4) is 0 Å². The molecule has 1 amide bonds. The van der Waals surface area contributed by atoms with Crippen LogP contribution in [0.2, 0.25) is 0 Å². The van der Waals surface area contributed by atoms with Gasteiger partial charge >= 0.3 is 18.0 Å². The van der Waals surface area contributed by atoms with Crippen LogP contribution in [0.25, 0.3) is 0 Å². The average molecular weight is 293 g/mol. The van der Waals surface area contributed by atoms with Crippen molar-refractivity contribution in [2.75, 3.05) is 32.3 Å². The molecular formula is C14H15NO6. The van der Waals surface area contributed by atoms with Gasteiger partial charge in [-0.05, 0) is 24.6 Å². The minimum Gasteiger partial charge on any atom is -0.465 e. The van der Waals surface area contributed by atoms with Gasteiger partial charge in [-0.15, -0.1) is 0 Å². The van der Waals surface area contributed by atoms with E-state index in [4.69, 9.17) is 4.74 Å². The Morgan fingerprint density at radius 2 is 1.67 bits per heavy atom. The van der Waals surface area contributed by atoms with Gasteiger partial charge in [-0.1, -0.05) is 0 Å². The Labute approximate surface area is 121 Å². The van der Waals surface area contributed by atoms with Crippen LogP contribution in [-0.4, -0.2) is 45.4 Å². The third-order valence-corrected chi connectivity index (χ3v) is 3.04. The van der Waals surface area contributed by atoms with E-state index >= 15 is 0 Å². The van der Waals surface area contributed by atoms with E-state index < -0.39 is 18.0 Å². The van der Waals surface area contributed by atoms with Crippen LogP contribution in [0.15, 0.2) is 18.2 Å². The smallest absolute Gasteiger partial charge is 0.414 e. The fraction of sp³-hybridized carbons (Fsp3) is 0.357. The molecule has 1 aliphatic rings. The van der Waals surface area contributed by atoms with Gasteiger partial charge in [-0.25, -0.2) is 14.4 Å². The molecule has 1 saturated heterocycles. The van der Waals surface area contributed by atoms with Gasteiger partial charge in [0, 0.05) is 12.2 Å². The summed E-state index contributed by atoms with van der Waals surface area (Å²) in [4.78, 5) is 36.5. The summed E-state index contributed by atoms with van der Waals surface area (Å²) >= 11 is 0. The van der Waals surface area contributed by atoms with Gasteiger partial charge < -0.3 is 14.2 Å². The Hall–Kier alpha value is -2.57. The summed E-state index contributed by atoms with van der Waals surface area (Å²) in [7, 11) is 2.48. The van der Waals surface area contributed by atoms with Crippen molar-refractivity contribution in [2.45, 2.75) is 6.42 Å². The van der Waals surface area contributed by atoms with Crippen LogP contribution in [-0.2, 0) is 14.2 Å². The lowest BCUT2D eigenvalue weighted by molar-refractivity contribution is 0.0599. The van der Waals surface area contributed by atoms with Gasteiger partial charge in [0.15, 0.2) is 0 Å². The summed E-state index contributed by atoms with van der Waals surface area (Å²) in [5.41, 5.74) is 0.713. The number of methoxy groups -OCH3 is 2. The third kappa shape index (κ3) is 3.13. The fourth-order valence-electron chi connectivity index (χ4n) is 2.02. The maximum atomic E-state index is 11.8. The molecule has 0 radical (unpaired) electrons. The molecule has 112 valence electrons. The quantitative estimate of drug-likeness (QED) is 0.622. The topological polar surface area (TPSA) is 82.1 Å². The molecule has 0 aliphatic carbocycles. The van der Waals surface area contributed by atoms with E-state index in [1.807, 2.05) is 0 Å². The first-order valence-corrected chi connectivity index (χ1v) is 6.33. The number of cyclic esters (lactones) is 1. The molecule has 1 heterocycles. The molecule has 0 unspecified atom stereocenters. The molecule has 2 rings (SSSR count). The van der Waals surface area contributed by atoms with Crippen LogP contribution in [0.4, 0.5) is 10.5 Å². The molecule has 1 aromatic rings. The largest absolute Gasteiger partial charge is 0.465 e. The summed E-state index contributed by atoms with van der Waals surface area (Å²) < 4.78 is 14.2. The number of carbonyl (C=O) groups is 3. The van der Waals surface area contributed by atoms with E-state index in [1.165, 1.54) is 37.3 Å². The number of nitrogens with zero attached hydrogens (tertiary/aromatic N) is 1. The second-order valence-corrected chi connectivity index (χ2v) is 4.37. The zero-order valence-corrected chi connectivity index (χ0v) is 11.8. The SMILES string of the molecule is COC(=O)c1cc(C(=O)OC)cc(N2CCCOC2=O)c1. The zero-order chi connectivity index (χ0) is 15.4. The van der Waals surface area contributed by atoms with Crippen molar-refractivity contribution in [1.29, 1.82) is 0 Å².